The molecule has 98 valence electrons. The first-order valence-corrected chi connectivity index (χ1v) is 6.26. The molecule has 1 fully saturated rings. The third-order valence-electron chi connectivity index (χ3n) is 3.23. The number of anilines is 1. The Morgan fingerprint density at radius 3 is 3.17 bits per heavy atom. The number of amidine groups is 1. The van der Waals surface area contributed by atoms with E-state index in [2.05, 4.69) is 9.88 Å². The molecule has 1 aliphatic heterocycles. The summed E-state index contributed by atoms with van der Waals surface area (Å²) in [5.74, 6) is 1.49. The van der Waals surface area contributed by atoms with E-state index in [-0.39, 0.29) is 5.84 Å². The molecule has 5 heteroatoms. The van der Waals surface area contributed by atoms with Gasteiger partial charge in [-0.05, 0) is 30.9 Å². The number of ether oxygens (including phenoxy) is 1. The molecular formula is C13H20N4O. The molecule has 1 aromatic rings. The Kier molecular flexibility index (Phi) is 4.15. The summed E-state index contributed by atoms with van der Waals surface area (Å²) in [5.41, 5.74) is 6.20. The van der Waals surface area contributed by atoms with Crippen molar-refractivity contribution in [3.8, 4) is 0 Å². The summed E-state index contributed by atoms with van der Waals surface area (Å²) in [7, 11) is 2.01. The van der Waals surface area contributed by atoms with Gasteiger partial charge in [-0.1, -0.05) is 0 Å². The maximum Gasteiger partial charge on any atom is 0.128 e. The Bertz CT molecular complexity index is 415. The Morgan fingerprint density at radius 1 is 1.67 bits per heavy atom. The average molecular weight is 248 g/mol. The molecule has 1 atom stereocenters. The van der Waals surface area contributed by atoms with Crippen molar-refractivity contribution in [2.75, 3.05) is 31.7 Å². The third kappa shape index (κ3) is 3.20. The van der Waals surface area contributed by atoms with E-state index in [1.807, 2.05) is 13.1 Å². The van der Waals surface area contributed by atoms with Gasteiger partial charge < -0.3 is 15.4 Å². The Balaban J connectivity index is 2.01. The summed E-state index contributed by atoms with van der Waals surface area (Å²) in [6.45, 7) is 2.64. The van der Waals surface area contributed by atoms with Crippen LogP contribution in [0.4, 0.5) is 5.82 Å². The van der Waals surface area contributed by atoms with Crippen molar-refractivity contribution in [3.05, 3.63) is 23.9 Å². The minimum absolute atomic E-state index is 0.0769. The highest BCUT2D eigenvalue weighted by molar-refractivity contribution is 5.95. The highest BCUT2D eigenvalue weighted by atomic mass is 16.5. The first kappa shape index (κ1) is 12.8. The lowest BCUT2D eigenvalue weighted by atomic mass is 10.0. The van der Waals surface area contributed by atoms with Crippen LogP contribution >= 0.6 is 0 Å². The van der Waals surface area contributed by atoms with Gasteiger partial charge >= 0.3 is 0 Å². The van der Waals surface area contributed by atoms with Crippen LogP contribution in [0.15, 0.2) is 18.3 Å². The summed E-state index contributed by atoms with van der Waals surface area (Å²) < 4.78 is 5.48. The van der Waals surface area contributed by atoms with E-state index in [1.165, 1.54) is 6.42 Å². The molecule has 5 nitrogen and oxygen atoms in total. The fourth-order valence-corrected chi connectivity index (χ4v) is 2.23. The van der Waals surface area contributed by atoms with Crippen molar-refractivity contribution in [1.82, 2.24) is 4.98 Å². The smallest absolute Gasteiger partial charge is 0.128 e. The maximum absolute atomic E-state index is 7.44. The van der Waals surface area contributed by atoms with Gasteiger partial charge in [-0.15, -0.1) is 0 Å². The van der Waals surface area contributed by atoms with Crippen LogP contribution < -0.4 is 10.6 Å². The van der Waals surface area contributed by atoms with Gasteiger partial charge in [0.1, 0.15) is 11.7 Å². The number of hydrogen-bond donors (Lipinski definition) is 2. The van der Waals surface area contributed by atoms with Crippen LogP contribution in [0.1, 0.15) is 18.4 Å². The van der Waals surface area contributed by atoms with Gasteiger partial charge in [0.25, 0.3) is 0 Å². The summed E-state index contributed by atoms with van der Waals surface area (Å²) in [5, 5.41) is 7.44. The minimum Gasteiger partial charge on any atom is -0.384 e. The van der Waals surface area contributed by atoms with E-state index in [9.17, 15) is 0 Å². The van der Waals surface area contributed by atoms with E-state index < -0.39 is 0 Å². The summed E-state index contributed by atoms with van der Waals surface area (Å²) >= 11 is 0. The molecule has 0 saturated carbocycles. The third-order valence-corrected chi connectivity index (χ3v) is 3.23. The van der Waals surface area contributed by atoms with Crippen molar-refractivity contribution < 1.29 is 4.74 Å². The van der Waals surface area contributed by atoms with Crippen molar-refractivity contribution in [1.29, 1.82) is 5.41 Å². The molecule has 2 rings (SSSR count). The Hall–Kier alpha value is -1.62. The summed E-state index contributed by atoms with van der Waals surface area (Å²) in [4.78, 5) is 6.42. The van der Waals surface area contributed by atoms with Crippen molar-refractivity contribution in [3.63, 3.8) is 0 Å². The number of hydrogen-bond acceptors (Lipinski definition) is 4. The van der Waals surface area contributed by atoms with Gasteiger partial charge in [0.2, 0.25) is 0 Å². The van der Waals surface area contributed by atoms with Gasteiger partial charge in [-0.3, -0.25) is 5.41 Å². The molecule has 0 spiro atoms. The molecule has 0 aliphatic carbocycles. The van der Waals surface area contributed by atoms with Crippen molar-refractivity contribution >= 4 is 11.7 Å². The Labute approximate surface area is 107 Å². The average Bonchev–Trinajstić information content (AvgIpc) is 2.40. The van der Waals surface area contributed by atoms with Crippen molar-refractivity contribution in [2.45, 2.75) is 12.8 Å². The Morgan fingerprint density at radius 2 is 2.50 bits per heavy atom. The molecular weight excluding hydrogens is 228 g/mol. The first-order valence-electron chi connectivity index (χ1n) is 6.26. The SMILES string of the molecule is CN(CC1CCCOC1)c1cc(C(=N)N)ccn1. The molecule has 1 aromatic heterocycles. The van der Waals surface area contributed by atoms with Crippen LogP contribution in [-0.4, -0.2) is 37.6 Å². The lowest BCUT2D eigenvalue weighted by molar-refractivity contribution is 0.0576. The van der Waals surface area contributed by atoms with Crippen LogP contribution in [0.5, 0.6) is 0 Å². The number of nitrogen functional groups attached to an aromatic ring is 1. The second kappa shape index (κ2) is 5.82. The monoisotopic (exact) mass is 248 g/mol. The van der Waals surface area contributed by atoms with E-state index in [4.69, 9.17) is 15.9 Å². The standard InChI is InChI=1S/C13H20N4O/c1-17(8-10-3-2-6-18-9-10)12-7-11(13(14)15)4-5-16-12/h4-5,7,10H,2-3,6,8-9H2,1H3,(H3,14,15). The zero-order chi connectivity index (χ0) is 13.0. The number of nitrogens with one attached hydrogen (secondary N) is 1. The first-order chi connectivity index (χ1) is 8.66. The second-order valence-corrected chi connectivity index (χ2v) is 4.78. The fourth-order valence-electron chi connectivity index (χ4n) is 2.23. The van der Waals surface area contributed by atoms with E-state index >= 15 is 0 Å². The summed E-state index contributed by atoms with van der Waals surface area (Å²) in [6, 6.07) is 3.61. The number of nitrogens with zero attached hydrogens (tertiary/aromatic N) is 2. The van der Waals surface area contributed by atoms with Gasteiger partial charge in [-0.25, -0.2) is 4.98 Å². The normalized spacial score (nSPS) is 19.5. The highest BCUT2D eigenvalue weighted by Crippen LogP contribution is 2.18. The van der Waals surface area contributed by atoms with E-state index in [0.717, 1.165) is 32.0 Å². The van der Waals surface area contributed by atoms with Crippen LogP contribution in [-0.2, 0) is 4.74 Å². The predicted octanol–water partition coefficient (Wildman–Crippen LogP) is 1.23. The molecule has 18 heavy (non-hydrogen) atoms. The zero-order valence-corrected chi connectivity index (χ0v) is 10.7. The molecule has 1 unspecified atom stereocenters. The molecule has 0 aromatic carbocycles. The van der Waals surface area contributed by atoms with Gasteiger partial charge in [-0.2, -0.15) is 0 Å². The zero-order valence-electron chi connectivity index (χ0n) is 10.7. The lowest BCUT2D eigenvalue weighted by Gasteiger charge is -2.27. The van der Waals surface area contributed by atoms with E-state index in [1.54, 1.807) is 12.3 Å². The number of rotatable bonds is 4. The van der Waals surface area contributed by atoms with Crippen LogP contribution in [0, 0.1) is 11.3 Å². The number of nitrogens with two attached hydrogens (primary N) is 1. The largest absolute Gasteiger partial charge is 0.384 e. The molecule has 1 saturated heterocycles. The molecule has 3 N–H and O–H groups in total. The second-order valence-electron chi connectivity index (χ2n) is 4.78. The van der Waals surface area contributed by atoms with Crippen LogP contribution in [0.2, 0.25) is 0 Å². The number of pyridine rings is 1. The highest BCUT2D eigenvalue weighted by Gasteiger charge is 2.16. The molecule has 1 aliphatic rings. The lowest BCUT2D eigenvalue weighted by Crippen LogP contribution is -2.31. The van der Waals surface area contributed by atoms with Gasteiger partial charge in [0, 0.05) is 32.0 Å². The molecule has 2 heterocycles. The minimum atomic E-state index is 0.0769. The van der Waals surface area contributed by atoms with Gasteiger partial charge in [0.05, 0.1) is 6.61 Å². The van der Waals surface area contributed by atoms with Crippen LogP contribution in [0.3, 0.4) is 0 Å². The van der Waals surface area contributed by atoms with Gasteiger partial charge in [0.15, 0.2) is 0 Å². The van der Waals surface area contributed by atoms with Crippen LogP contribution in [0.25, 0.3) is 0 Å². The topological polar surface area (TPSA) is 75.2 Å². The van der Waals surface area contributed by atoms with Crippen molar-refractivity contribution in [2.24, 2.45) is 11.7 Å². The fraction of sp³-hybridized carbons (Fsp3) is 0.538. The molecule has 0 radical (unpaired) electrons. The molecule has 0 amide bonds. The number of aromatic nitrogens is 1. The quantitative estimate of drug-likeness (QED) is 0.620. The predicted molar refractivity (Wildman–Crippen MR) is 72.1 cm³/mol. The maximum atomic E-state index is 7.44. The van der Waals surface area contributed by atoms with E-state index in [0.29, 0.717) is 11.5 Å². The molecule has 0 bridgehead atoms. The summed E-state index contributed by atoms with van der Waals surface area (Å²) in [6.07, 6.45) is 4.04.